The molecule has 0 saturated carbocycles. The third-order valence-corrected chi connectivity index (χ3v) is 5.53. The van der Waals surface area contributed by atoms with E-state index in [0.29, 0.717) is 28.1 Å². The Morgan fingerprint density at radius 1 is 1.19 bits per heavy atom. The van der Waals surface area contributed by atoms with Crippen molar-refractivity contribution in [1.82, 2.24) is 14.9 Å². The second kappa shape index (κ2) is 11.4. The fraction of sp³-hybridized carbons (Fsp3) is 0.346. The smallest absolute Gasteiger partial charge is 0.414 e. The number of aryl methyl sites for hydroxylation is 1. The molecule has 0 atom stereocenters. The van der Waals surface area contributed by atoms with Gasteiger partial charge in [0, 0.05) is 26.2 Å². The van der Waals surface area contributed by atoms with Crippen LogP contribution in [-0.4, -0.2) is 54.8 Å². The van der Waals surface area contributed by atoms with Crippen LogP contribution in [0.15, 0.2) is 36.4 Å². The van der Waals surface area contributed by atoms with E-state index in [1.54, 1.807) is 36.4 Å². The molecule has 3 rings (SSSR count). The minimum atomic E-state index is -0.596. The number of hydrogen-bond donors (Lipinski definition) is 1. The van der Waals surface area contributed by atoms with Crippen molar-refractivity contribution < 1.29 is 23.9 Å². The number of aromatic nitrogens is 2. The molecule has 0 saturated heterocycles. The summed E-state index contributed by atoms with van der Waals surface area (Å²) >= 11 is 0. The summed E-state index contributed by atoms with van der Waals surface area (Å²) < 4.78 is 11.8. The molecule has 0 fully saturated rings. The van der Waals surface area contributed by atoms with E-state index >= 15 is 0 Å². The van der Waals surface area contributed by atoms with Crippen molar-refractivity contribution in [1.29, 1.82) is 5.26 Å². The molecule has 3 aromatic rings. The maximum absolute atomic E-state index is 13.1. The predicted octanol–water partition coefficient (Wildman–Crippen LogP) is 3.63. The molecule has 10 nitrogen and oxygen atoms in total. The second-order valence-corrected chi connectivity index (χ2v) is 8.65. The maximum Gasteiger partial charge on any atom is 0.414 e. The third-order valence-electron chi connectivity index (χ3n) is 5.53. The number of ether oxygens (including phenoxy) is 2. The molecule has 1 N–H and O–H groups in total. The Hall–Kier alpha value is -4.39. The number of fused-ring (bicyclic) bond motifs is 1. The number of benzene rings is 2. The highest BCUT2D eigenvalue weighted by molar-refractivity contribution is 6.07. The Balaban J connectivity index is 2.05. The highest BCUT2D eigenvalue weighted by atomic mass is 16.6. The summed E-state index contributed by atoms with van der Waals surface area (Å²) in [5, 5.41) is 11.8. The van der Waals surface area contributed by atoms with E-state index in [1.165, 1.54) is 19.1 Å². The van der Waals surface area contributed by atoms with Crippen molar-refractivity contribution in [2.24, 2.45) is 13.0 Å². The number of imidazole rings is 1. The highest BCUT2D eigenvalue weighted by Gasteiger charge is 2.23. The van der Waals surface area contributed by atoms with E-state index < -0.39 is 18.0 Å². The van der Waals surface area contributed by atoms with Gasteiger partial charge in [0.2, 0.25) is 0 Å². The van der Waals surface area contributed by atoms with Crippen LogP contribution in [0.25, 0.3) is 22.4 Å². The average Bonchev–Trinajstić information content (AvgIpc) is 3.21. The van der Waals surface area contributed by atoms with Gasteiger partial charge in [-0.05, 0) is 42.3 Å². The van der Waals surface area contributed by atoms with Crippen LogP contribution in [0, 0.1) is 17.2 Å². The molecule has 2 amide bonds. The Kier molecular flexibility index (Phi) is 8.27. The van der Waals surface area contributed by atoms with Crippen molar-refractivity contribution in [2.75, 3.05) is 32.2 Å². The van der Waals surface area contributed by atoms with Gasteiger partial charge in [-0.25, -0.2) is 9.78 Å². The number of anilines is 1. The third kappa shape index (κ3) is 5.81. The zero-order valence-corrected chi connectivity index (χ0v) is 21.0. The topological polar surface area (TPSA) is 127 Å². The first-order valence-corrected chi connectivity index (χ1v) is 11.4. The highest BCUT2D eigenvalue weighted by Crippen LogP contribution is 2.30. The van der Waals surface area contributed by atoms with E-state index in [4.69, 9.17) is 15.0 Å². The molecule has 0 spiro atoms. The SMILES string of the molecule is COC(=O)CCNC(=O)c1cc2nc(-c3ccc(C#N)cc3)n(C)c2cc1N(C)C(=O)OCC(C)C. The lowest BCUT2D eigenvalue weighted by Gasteiger charge is -2.21. The summed E-state index contributed by atoms with van der Waals surface area (Å²) in [5.74, 6) is -0.131. The molecule has 1 aromatic heterocycles. The number of nitrogens with zero attached hydrogens (tertiary/aromatic N) is 4. The first-order chi connectivity index (χ1) is 17.2. The number of hydrogen-bond acceptors (Lipinski definition) is 7. The number of nitriles is 1. The van der Waals surface area contributed by atoms with Gasteiger partial charge in [0.1, 0.15) is 5.82 Å². The lowest BCUT2D eigenvalue weighted by Crippen LogP contribution is -2.32. The fourth-order valence-electron chi connectivity index (χ4n) is 3.55. The van der Waals surface area contributed by atoms with Crippen LogP contribution in [-0.2, 0) is 21.3 Å². The van der Waals surface area contributed by atoms with Crippen molar-refractivity contribution in [3.05, 3.63) is 47.5 Å². The minimum absolute atomic E-state index is 0.0124. The molecule has 0 aliphatic rings. The lowest BCUT2D eigenvalue weighted by atomic mass is 10.1. The van der Waals surface area contributed by atoms with Crippen LogP contribution in [0.1, 0.15) is 36.2 Å². The van der Waals surface area contributed by atoms with Crippen molar-refractivity contribution in [3.8, 4) is 17.5 Å². The molecule has 1 heterocycles. The van der Waals surface area contributed by atoms with Crippen LogP contribution in [0.4, 0.5) is 10.5 Å². The van der Waals surface area contributed by atoms with Gasteiger partial charge in [-0.1, -0.05) is 13.8 Å². The molecular weight excluding hydrogens is 462 g/mol. The predicted molar refractivity (Wildman–Crippen MR) is 134 cm³/mol. The Labute approximate surface area is 209 Å². The van der Waals surface area contributed by atoms with E-state index in [2.05, 4.69) is 16.1 Å². The molecule has 0 bridgehead atoms. The number of carbonyl (C=O) groups excluding carboxylic acids is 3. The normalized spacial score (nSPS) is 10.7. The van der Waals surface area contributed by atoms with Gasteiger partial charge in [-0.15, -0.1) is 0 Å². The quantitative estimate of drug-likeness (QED) is 0.477. The molecule has 2 aromatic carbocycles. The van der Waals surface area contributed by atoms with E-state index in [-0.39, 0.29) is 31.1 Å². The van der Waals surface area contributed by atoms with E-state index in [1.807, 2.05) is 25.5 Å². The maximum atomic E-state index is 13.1. The van der Waals surface area contributed by atoms with Crippen LogP contribution in [0.5, 0.6) is 0 Å². The summed E-state index contributed by atoms with van der Waals surface area (Å²) in [5.41, 5.74) is 3.11. The Bertz CT molecular complexity index is 1320. The number of rotatable bonds is 8. The number of amides is 2. The second-order valence-electron chi connectivity index (χ2n) is 8.65. The zero-order chi connectivity index (χ0) is 26.4. The molecule has 188 valence electrons. The monoisotopic (exact) mass is 491 g/mol. The van der Waals surface area contributed by atoms with Crippen molar-refractivity contribution in [2.45, 2.75) is 20.3 Å². The van der Waals surface area contributed by atoms with Gasteiger partial charge in [-0.2, -0.15) is 5.26 Å². The van der Waals surface area contributed by atoms with Crippen LogP contribution in [0.2, 0.25) is 0 Å². The van der Waals surface area contributed by atoms with Crippen LogP contribution < -0.4 is 10.2 Å². The van der Waals surface area contributed by atoms with Crippen molar-refractivity contribution in [3.63, 3.8) is 0 Å². The largest absolute Gasteiger partial charge is 0.469 e. The van der Waals surface area contributed by atoms with E-state index in [0.717, 1.165) is 5.56 Å². The Morgan fingerprint density at radius 3 is 2.50 bits per heavy atom. The lowest BCUT2D eigenvalue weighted by molar-refractivity contribution is -0.140. The minimum Gasteiger partial charge on any atom is -0.469 e. The van der Waals surface area contributed by atoms with Gasteiger partial charge >= 0.3 is 12.1 Å². The number of carbonyl (C=O) groups is 3. The summed E-state index contributed by atoms with van der Waals surface area (Å²) in [7, 11) is 4.65. The standard InChI is InChI=1S/C26H29N5O5/c1-16(2)15-36-26(34)31(4)21-13-22-20(12-19(21)25(33)28-11-10-23(32)35-5)29-24(30(22)3)18-8-6-17(14-27)7-9-18/h6-9,12-13,16H,10-11,15H2,1-5H3,(H,28,33). The van der Waals surface area contributed by atoms with Gasteiger partial charge in [0.25, 0.3) is 5.91 Å². The van der Waals surface area contributed by atoms with Crippen LogP contribution >= 0.6 is 0 Å². The van der Waals surface area contributed by atoms with Gasteiger partial charge in [-0.3, -0.25) is 14.5 Å². The van der Waals surface area contributed by atoms with Crippen LogP contribution in [0.3, 0.4) is 0 Å². The molecule has 36 heavy (non-hydrogen) atoms. The molecule has 0 unspecified atom stereocenters. The zero-order valence-electron chi connectivity index (χ0n) is 21.0. The summed E-state index contributed by atoms with van der Waals surface area (Å²) in [4.78, 5) is 43.3. The first-order valence-electron chi connectivity index (χ1n) is 11.4. The molecule has 0 radical (unpaired) electrons. The first kappa shape index (κ1) is 26.2. The summed E-state index contributed by atoms with van der Waals surface area (Å²) in [6, 6.07) is 12.4. The number of methoxy groups -OCH3 is 1. The number of nitrogens with one attached hydrogen (secondary N) is 1. The van der Waals surface area contributed by atoms with Gasteiger partial charge in [0.15, 0.2) is 0 Å². The van der Waals surface area contributed by atoms with Gasteiger partial charge < -0.3 is 19.4 Å². The summed E-state index contributed by atoms with van der Waals surface area (Å²) in [6.07, 6.45) is -0.584. The number of esters is 1. The molecular formula is C26H29N5O5. The van der Waals surface area contributed by atoms with Crippen molar-refractivity contribution >= 4 is 34.7 Å². The summed E-state index contributed by atoms with van der Waals surface area (Å²) in [6.45, 7) is 4.17. The Morgan fingerprint density at radius 2 is 1.89 bits per heavy atom. The van der Waals surface area contributed by atoms with Gasteiger partial charge in [0.05, 0.1) is 54.1 Å². The molecule has 10 heteroatoms. The molecule has 0 aliphatic heterocycles. The molecule has 0 aliphatic carbocycles. The average molecular weight is 492 g/mol. The van der Waals surface area contributed by atoms with E-state index in [9.17, 15) is 14.4 Å². The fourth-order valence-corrected chi connectivity index (χ4v) is 3.55.